The maximum absolute atomic E-state index is 10.9. The van der Waals surface area contributed by atoms with Crippen molar-refractivity contribution in [2.45, 2.75) is 31.3 Å². The Morgan fingerprint density at radius 2 is 1.90 bits per heavy atom. The van der Waals surface area contributed by atoms with Crippen molar-refractivity contribution in [1.29, 1.82) is 0 Å². The standard InChI is InChI=1S/C18H19BrO2/c1-2-21-14-8-9-15(16(19)12-14)17(20)18(10-11-18)13-6-4-3-5-7-13/h3-9,12,17,20H,2,10-11H2,1H3. The lowest BCUT2D eigenvalue weighted by atomic mass is 9.86. The normalized spacial score (nSPS) is 17.3. The van der Waals surface area contributed by atoms with E-state index in [9.17, 15) is 5.11 Å². The first kappa shape index (κ1) is 14.6. The molecule has 110 valence electrons. The van der Waals surface area contributed by atoms with E-state index in [1.165, 1.54) is 5.56 Å². The quantitative estimate of drug-likeness (QED) is 0.856. The highest BCUT2D eigenvalue weighted by Gasteiger charge is 2.51. The Hall–Kier alpha value is -1.32. The molecule has 1 aliphatic carbocycles. The molecule has 1 aliphatic rings. The minimum atomic E-state index is -0.495. The van der Waals surface area contributed by atoms with Crippen LogP contribution in [0.2, 0.25) is 0 Å². The molecule has 1 fully saturated rings. The summed E-state index contributed by atoms with van der Waals surface area (Å²) in [6.07, 6.45) is 1.56. The van der Waals surface area contributed by atoms with Gasteiger partial charge in [-0.15, -0.1) is 0 Å². The molecular formula is C18H19BrO2. The van der Waals surface area contributed by atoms with E-state index in [-0.39, 0.29) is 5.41 Å². The van der Waals surface area contributed by atoms with Gasteiger partial charge in [-0.25, -0.2) is 0 Å². The number of halogens is 1. The van der Waals surface area contributed by atoms with Gasteiger partial charge in [0.1, 0.15) is 5.75 Å². The van der Waals surface area contributed by atoms with E-state index in [2.05, 4.69) is 28.1 Å². The third-order valence-corrected chi connectivity index (χ3v) is 4.93. The summed E-state index contributed by atoms with van der Waals surface area (Å²) < 4.78 is 6.40. The fourth-order valence-corrected chi connectivity index (χ4v) is 3.48. The van der Waals surface area contributed by atoms with Crippen molar-refractivity contribution in [1.82, 2.24) is 0 Å². The number of hydrogen-bond acceptors (Lipinski definition) is 2. The van der Waals surface area contributed by atoms with Crippen LogP contribution >= 0.6 is 15.9 Å². The predicted octanol–water partition coefficient (Wildman–Crippen LogP) is 4.61. The first-order chi connectivity index (χ1) is 10.2. The van der Waals surface area contributed by atoms with Crippen LogP contribution in [0.25, 0.3) is 0 Å². The molecule has 2 aromatic carbocycles. The second-order valence-electron chi connectivity index (χ2n) is 5.54. The van der Waals surface area contributed by atoms with Crippen molar-refractivity contribution < 1.29 is 9.84 Å². The van der Waals surface area contributed by atoms with E-state index in [0.29, 0.717) is 6.61 Å². The van der Waals surface area contributed by atoms with Crippen LogP contribution in [0, 0.1) is 0 Å². The number of benzene rings is 2. The molecule has 2 nitrogen and oxygen atoms in total. The zero-order valence-electron chi connectivity index (χ0n) is 12.1. The summed E-state index contributed by atoms with van der Waals surface area (Å²) in [6.45, 7) is 2.60. The van der Waals surface area contributed by atoms with Gasteiger partial charge in [0.2, 0.25) is 0 Å². The van der Waals surface area contributed by atoms with Crippen LogP contribution in [0.4, 0.5) is 0 Å². The lowest BCUT2D eigenvalue weighted by Crippen LogP contribution is -2.18. The fourth-order valence-electron chi connectivity index (χ4n) is 2.91. The highest BCUT2D eigenvalue weighted by Crippen LogP contribution is 2.57. The molecule has 1 unspecified atom stereocenters. The number of aliphatic hydroxyl groups excluding tert-OH is 1. The van der Waals surface area contributed by atoms with Crippen molar-refractivity contribution in [3.8, 4) is 5.75 Å². The smallest absolute Gasteiger partial charge is 0.120 e. The molecule has 3 rings (SSSR count). The third kappa shape index (κ3) is 2.72. The molecule has 1 atom stereocenters. The lowest BCUT2D eigenvalue weighted by molar-refractivity contribution is 0.132. The van der Waals surface area contributed by atoms with E-state index < -0.39 is 6.10 Å². The van der Waals surface area contributed by atoms with Gasteiger partial charge in [0.15, 0.2) is 0 Å². The number of rotatable bonds is 5. The molecule has 0 bridgehead atoms. The Labute approximate surface area is 133 Å². The van der Waals surface area contributed by atoms with E-state index in [1.54, 1.807) is 0 Å². The van der Waals surface area contributed by atoms with Gasteiger partial charge in [-0.3, -0.25) is 0 Å². The molecule has 1 N–H and O–H groups in total. The Bertz CT molecular complexity index is 620. The van der Waals surface area contributed by atoms with Crippen molar-refractivity contribution >= 4 is 15.9 Å². The summed E-state index contributed by atoms with van der Waals surface area (Å²) in [5, 5.41) is 10.9. The van der Waals surface area contributed by atoms with Gasteiger partial charge in [0, 0.05) is 9.89 Å². The molecule has 0 aliphatic heterocycles. The largest absolute Gasteiger partial charge is 0.494 e. The van der Waals surface area contributed by atoms with Crippen molar-refractivity contribution in [3.63, 3.8) is 0 Å². The Kier molecular flexibility index (Phi) is 4.05. The van der Waals surface area contributed by atoms with Crippen LogP contribution in [0.5, 0.6) is 5.75 Å². The first-order valence-corrected chi connectivity index (χ1v) is 8.12. The summed E-state index contributed by atoms with van der Waals surface area (Å²) in [5.41, 5.74) is 2.02. The first-order valence-electron chi connectivity index (χ1n) is 7.33. The Morgan fingerprint density at radius 1 is 1.19 bits per heavy atom. The summed E-state index contributed by atoms with van der Waals surface area (Å²) in [5.74, 6) is 0.824. The number of ether oxygens (including phenoxy) is 1. The van der Waals surface area contributed by atoms with E-state index in [0.717, 1.165) is 28.6 Å². The van der Waals surface area contributed by atoms with Gasteiger partial charge in [-0.05, 0) is 43.0 Å². The topological polar surface area (TPSA) is 29.5 Å². The van der Waals surface area contributed by atoms with Gasteiger partial charge in [0.05, 0.1) is 12.7 Å². The van der Waals surface area contributed by atoms with Gasteiger partial charge < -0.3 is 9.84 Å². The van der Waals surface area contributed by atoms with Gasteiger partial charge in [-0.1, -0.05) is 52.3 Å². The third-order valence-electron chi connectivity index (χ3n) is 4.24. The summed E-state index contributed by atoms with van der Waals surface area (Å²) in [6, 6.07) is 16.1. The molecule has 2 aromatic rings. The van der Waals surface area contributed by atoms with Crippen molar-refractivity contribution in [2.24, 2.45) is 0 Å². The van der Waals surface area contributed by atoms with E-state index in [4.69, 9.17) is 4.74 Å². The molecule has 1 saturated carbocycles. The fraction of sp³-hybridized carbons (Fsp3) is 0.333. The summed E-state index contributed by atoms with van der Waals surface area (Å²) in [4.78, 5) is 0. The van der Waals surface area contributed by atoms with E-state index in [1.807, 2.05) is 43.3 Å². The van der Waals surface area contributed by atoms with Crippen LogP contribution in [0.1, 0.15) is 37.0 Å². The van der Waals surface area contributed by atoms with Gasteiger partial charge in [0.25, 0.3) is 0 Å². The number of aliphatic hydroxyl groups is 1. The number of hydrogen-bond donors (Lipinski definition) is 1. The maximum atomic E-state index is 10.9. The van der Waals surface area contributed by atoms with Crippen molar-refractivity contribution in [2.75, 3.05) is 6.61 Å². The summed E-state index contributed by atoms with van der Waals surface area (Å²) >= 11 is 3.57. The molecule has 3 heteroatoms. The molecule has 0 aromatic heterocycles. The average molecular weight is 347 g/mol. The Balaban J connectivity index is 1.90. The molecule has 0 amide bonds. The zero-order valence-corrected chi connectivity index (χ0v) is 13.6. The SMILES string of the molecule is CCOc1ccc(C(O)C2(c3ccccc3)CC2)c(Br)c1. The molecule has 0 heterocycles. The average Bonchev–Trinajstić information content (AvgIpc) is 3.30. The maximum Gasteiger partial charge on any atom is 0.120 e. The van der Waals surface area contributed by atoms with E-state index >= 15 is 0 Å². The van der Waals surface area contributed by atoms with Crippen LogP contribution < -0.4 is 4.74 Å². The predicted molar refractivity (Wildman–Crippen MR) is 87.6 cm³/mol. The molecule has 21 heavy (non-hydrogen) atoms. The molecular weight excluding hydrogens is 328 g/mol. The second kappa shape index (κ2) is 5.82. The summed E-state index contributed by atoms with van der Waals surface area (Å²) in [7, 11) is 0. The van der Waals surface area contributed by atoms with Crippen molar-refractivity contribution in [3.05, 3.63) is 64.1 Å². The van der Waals surface area contributed by atoms with Gasteiger partial charge in [-0.2, -0.15) is 0 Å². The van der Waals surface area contributed by atoms with Crippen LogP contribution in [-0.2, 0) is 5.41 Å². The lowest BCUT2D eigenvalue weighted by Gasteiger charge is -2.24. The highest BCUT2D eigenvalue weighted by molar-refractivity contribution is 9.10. The Morgan fingerprint density at radius 3 is 2.48 bits per heavy atom. The molecule has 0 saturated heterocycles. The molecule has 0 spiro atoms. The second-order valence-corrected chi connectivity index (χ2v) is 6.40. The molecule has 0 radical (unpaired) electrons. The van der Waals surface area contributed by atoms with Crippen LogP contribution in [-0.4, -0.2) is 11.7 Å². The zero-order chi connectivity index (χ0) is 14.9. The van der Waals surface area contributed by atoms with Crippen LogP contribution in [0.15, 0.2) is 53.0 Å². The monoisotopic (exact) mass is 346 g/mol. The minimum Gasteiger partial charge on any atom is -0.494 e. The van der Waals surface area contributed by atoms with Gasteiger partial charge >= 0.3 is 0 Å². The van der Waals surface area contributed by atoms with Crippen LogP contribution in [0.3, 0.4) is 0 Å². The minimum absolute atomic E-state index is 0.128. The highest BCUT2D eigenvalue weighted by atomic mass is 79.9.